The maximum absolute atomic E-state index is 12.6. The van der Waals surface area contributed by atoms with Crippen molar-refractivity contribution in [2.75, 3.05) is 6.54 Å². The van der Waals surface area contributed by atoms with Crippen molar-refractivity contribution in [1.82, 2.24) is 10.6 Å². The molecule has 3 heteroatoms. The Morgan fingerprint density at radius 2 is 1.26 bits per heavy atom. The summed E-state index contributed by atoms with van der Waals surface area (Å²) < 4.78 is 0. The lowest BCUT2D eigenvalue weighted by atomic mass is 9.98. The van der Waals surface area contributed by atoms with Crippen LogP contribution in [-0.4, -0.2) is 18.5 Å². The number of carbonyl (C=O) groups excluding carboxylic acids is 1. The molecule has 0 radical (unpaired) electrons. The Morgan fingerprint density at radius 3 is 1.78 bits per heavy atom. The van der Waals surface area contributed by atoms with Crippen molar-refractivity contribution in [2.45, 2.75) is 25.4 Å². The zero-order valence-electron chi connectivity index (χ0n) is 15.6. The van der Waals surface area contributed by atoms with Crippen molar-refractivity contribution in [3.05, 3.63) is 108 Å². The van der Waals surface area contributed by atoms with E-state index in [9.17, 15) is 4.79 Å². The van der Waals surface area contributed by atoms with Crippen LogP contribution in [0.4, 0.5) is 0 Å². The van der Waals surface area contributed by atoms with Gasteiger partial charge in [0.2, 0.25) is 5.91 Å². The van der Waals surface area contributed by atoms with Crippen molar-refractivity contribution >= 4 is 5.91 Å². The molecule has 0 aliphatic carbocycles. The number of amides is 1. The van der Waals surface area contributed by atoms with E-state index in [4.69, 9.17) is 0 Å². The van der Waals surface area contributed by atoms with Gasteiger partial charge in [0.25, 0.3) is 0 Å². The van der Waals surface area contributed by atoms with E-state index < -0.39 is 0 Å². The Kier molecular flexibility index (Phi) is 6.78. The zero-order chi connectivity index (χ0) is 18.9. The molecule has 0 saturated heterocycles. The first-order chi connectivity index (χ1) is 13.2. The molecule has 0 aliphatic rings. The van der Waals surface area contributed by atoms with Crippen molar-refractivity contribution in [1.29, 1.82) is 0 Å². The molecule has 3 aromatic carbocycles. The van der Waals surface area contributed by atoms with E-state index in [0.29, 0.717) is 6.54 Å². The van der Waals surface area contributed by atoms with Gasteiger partial charge in [0.1, 0.15) is 0 Å². The van der Waals surface area contributed by atoms with Gasteiger partial charge in [-0.2, -0.15) is 0 Å². The first-order valence-corrected chi connectivity index (χ1v) is 9.41. The average molecular weight is 358 g/mol. The number of rotatable bonds is 8. The van der Waals surface area contributed by atoms with Gasteiger partial charge in [-0.25, -0.2) is 0 Å². The summed E-state index contributed by atoms with van der Waals surface area (Å²) in [5, 5.41) is 6.52. The molecule has 3 nitrogen and oxygen atoms in total. The van der Waals surface area contributed by atoms with Crippen LogP contribution in [0.15, 0.2) is 91.0 Å². The number of hydrogen-bond acceptors (Lipinski definition) is 2. The summed E-state index contributed by atoms with van der Waals surface area (Å²) >= 11 is 0. The lowest BCUT2D eigenvalue weighted by molar-refractivity contribution is -0.122. The summed E-state index contributed by atoms with van der Waals surface area (Å²) in [5.74, 6) is 0.0165. The number of benzene rings is 3. The van der Waals surface area contributed by atoms with E-state index in [1.54, 1.807) is 0 Å². The first kappa shape index (κ1) is 18.9. The predicted molar refractivity (Wildman–Crippen MR) is 110 cm³/mol. The molecular formula is C24H26N2O. The fourth-order valence-electron chi connectivity index (χ4n) is 3.13. The Hall–Kier alpha value is -2.91. The van der Waals surface area contributed by atoms with Crippen LogP contribution in [0.1, 0.15) is 29.7 Å². The molecule has 3 rings (SSSR count). The van der Waals surface area contributed by atoms with Crippen LogP contribution in [0.25, 0.3) is 0 Å². The molecule has 0 aliphatic heterocycles. The van der Waals surface area contributed by atoms with Crippen LogP contribution in [0.5, 0.6) is 0 Å². The molecule has 1 atom stereocenters. The summed E-state index contributed by atoms with van der Waals surface area (Å²) in [6.07, 6.45) is 0.833. The highest BCUT2D eigenvalue weighted by molar-refractivity contribution is 5.81. The lowest BCUT2D eigenvalue weighted by Crippen LogP contribution is -2.44. The van der Waals surface area contributed by atoms with Gasteiger partial charge in [-0.1, -0.05) is 91.0 Å². The Morgan fingerprint density at radius 1 is 0.778 bits per heavy atom. The summed E-state index contributed by atoms with van der Waals surface area (Å²) in [4.78, 5) is 12.6. The van der Waals surface area contributed by atoms with E-state index in [2.05, 4.69) is 47.0 Å². The molecule has 138 valence electrons. The Balaban J connectivity index is 1.62. The molecule has 1 amide bonds. The standard InChI is InChI=1S/C24H26N2O/c1-19(24(27)25-18-17-20-11-5-2-6-12-20)26-23(21-13-7-3-8-14-21)22-15-9-4-10-16-22/h2-16,19,23,26H,17-18H2,1H3,(H,25,27)/t19-/m0/s1. The predicted octanol–water partition coefficient (Wildman–Crippen LogP) is 4.11. The molecule has 3 aromatic rings. The van der Waals surface area contributed by atoms with E-state index in [1.807, 2.05) is 61.5 Å². The highest BCUT2D eigenvalue weighted by Gasteiger charge is 2.20. The monoisotopic (exact) mass is 358 g/mol. The zero-order valence-corrected chi connectivity index (χ0v) is 15.6. The fourth-order valence-corrected chi connectivity index (χ4v) is 3.13. The normalized spacial score (nSPS) is 11.9. The lowest BCUT2D eigenvalue weighted by Gasteiger charge is -2.24. The molecule has 0 bridgehead atoms. The van der Waals surface area contributed by atoms with Crippen LogP contribution in [0.3, 0.4) is 0 Å². The van der Waals surface area contributed by atoms with Gasteiger partial charge >= 0.3 is 0 Å². The smallest absolute Gasteiger partial charge is 0.236 e. The van der Waals surface area contributed by atoms with Gasteiger partial charge in [-0.05, 0) is 30.0 Å². The summed E-state index contributed by atoms with van der Waals surface area (Å²) in [5.41, 5.74) is 3.52. The van der Waals surface area contributed by atoms with Crippen LogP contribution < -0.4 is 10.6 Å². The van der Waals surface area contributed by atoms with Crippen molar-refractivity contribution in [3.63, 3.8) is 0 Å². The van der Waals surface area contributed by atoms with Gasteiger partial charge in [-0.3, -0.25) is 10.1 Å². The van der Waals surface area contributed by atoms with Crippen LogP contribution in [0.2, 0.25) is 0 Å². The van der Waals surface area contributed by atoms with Crippen molar-refractivity contribution in [2.24, 2.45) is 0 Å². The van der Waals surface area contributed by atoms with E-state index >= 15 is 0 Å². The maximum Gasteiger partial charge on any atom is 0.236 e. The molecule has 0 heterocycles. The second-order valence-corrected chi connectivity index (χ2v) is 6.67. The highest BCUT2D eigenvalue weighted by Crippen LogP contribution is 2.22. The van der Waals surface area contributed by atoms with Gasteiger partial charge in [-0.15, -0.1) is 0 Å². The van der Waals surface area contributed by atoms with Crippen LogP contribution in [0, 0.1) is 0 Å². The summed E-state index contributed by atoms with van der Waals surface area (Å²) in [7, 11) is 0. The largest absolute Gasteiger partial charge is 0.354 e. The summed E-state index contributed by atoms with van der Waals surface area (Å²) in [6, 6.07) is 30.3. The quantitative estimate of drug-likeness (QED) is 0.636. The molecule has 0 unspecified atom stereocenters. The van der Waals surface area contributed by atoms with E-state index in [0.717, 1.165) is 17.5 Å². The minimum atomic E-state index is -0.300. The van der Waals surface area contributed by atoms with Crippen molar-refractivity contribution < 1.29 is 4.79 Å². The molecule has 27 heavy (non-hydrogen) atoms. The minimum Gasteiger partial charge on any atom is -0.354 e. The number of carbonyl (C=O) groups is 1. The van der Waals surface area contributed by atoms with Gasteiger partial charge < -0.3 is 5.32 Å². The first-order valence-electron chi connectivity index (χ1n) is 9.41. The van der Waals surface area contributed by atoms with Gasteiger partial charge in [0, 0.05) is 6.54 Å². The second kappa shape index (κ2) is 9.70. The topological polar surface area (TPSA) is 41.1 Å². The van der Waals surface area contributed by atoms with Gasteiger partial charge in [0.05, 0.1) is 12.1 Å². The third-order valence-electron chi connectivity index (χ3n) is 4.63. The van der Waals surface area contributed by atoms with Crippen molar-refractivity contribution in [3.8, 4) is 0 Å². The van der Waals surface area contributed by atoms with Gasteiger partial charge in [0.15, 0.2) is 0 Å². The number of hydrogen-bond donors (Lipinski definition) is 2. The Labute approximate surface area is 161 Å². The second-order valence-electron chi connectivity index (χ2n) is 6.67. The fraction of sp³-hybridized carbons (Fsp3) is 0.208. The molecular weight excluding hydrogens is 332 g/mol. The van der Waals surface area contributed by atoms with Crippen LogP contribution >= 0.6 is 0 Å². The van der Waals surface area contributed by atoms with E-state index in [1.165, 1.54) is 5.56 Å². The molecule has 2 N–H and O–H groups in total. The molecule has 0 aromatic heterocycles. The number of nitrogens with one attached hydrogen (secondary N) is 2. The SMILES string of the molecule is C[C@H](NC(c1ccccc1)c1ccccc1)C(=O)NCCc1ccccc1. The molecule has 0 fully saturated rings. The van der Waals surface area contributed by atoms with Crippen LogP contribution in [-0.2, 0) is 11.2 Å². The molecule has 0 saturated carbocycles. The third-order valence-corrected chi connectivity index (χ3v) is 4.63. The highest BCUT2D eigenvalue weighted by atomic mass is 16.2. The minimum absolute atomic E-state index is 0.0165. The average Bonchev–Trinajstić information content (AvgIpc) is 2.74. The molecule has 0 spiro atoms. The summed E-state index contributed by atoms with van der Waals surface area (Å²) in [6.45, 7) is 2.55. The van der Waals surface area contributed by atoms with E-state index in [-0.39, 0.29) is 18.0 Å². The Bertz CT molecular complexity index is 779. The maximum atomic E-state index is 12.6. The third kappa shape index (κ3) is 5.53.